The first-order valence-corrected chi connectivity index (χ1v) is 8.47. The van der Waals surface area contributed by atoms with E-state index in [4.69, 9.17) is 15.1 Å². The van der Waals surface area contributed by atoms with Gasteiger partial charge < -0.3 is 14.6 Å². The number of rotatable bonds is 3. The highest BCUT2D eigenvalue weighted by atomic mass is 16.5. The fourth-order valence-corrected chi connectivity index (χ4v) is 2.70. The molecule has 0 saturated heterocycles. The third-order valence-corrected chi connectivity index (χ3v) is 3.78. The average molecular weight is 354 g/mol. The van der Waals surface area contributed by atoms with Crippen LogP contribution in [0.3, 0.4) is 0 Å². The van der Waals surface area contributed by atoms with Crippen molar-refractivity contribution in [2.45, 2.75) is 40.3 Å². The topological polar surface area (TPSA) is 105 Å². The number of amidine groups is 2. The van der Waals surface area contributed by atoms with Crippen LogP contribution in [0.2, 0.25) is 0 Å². The van der Waals surface area contributed by atoms with Gasteiger partial charge >= 0.3 is 0 Å². The van der Waals surface area contributed by atoms with E-state index in [9.17, 15) is 4.79 Å². The van der Waals surface area contributed by atoms with Gasteiger partial charge in [0.25, 0.3) is 0 Å². The first kappa shape index (κ1) is 17.8. The molecule has 0 unspecified atom stereocenters. The highest BCUT2D eigenvalue weighted by Crippen LogP contribution is 2.32. The lowest BCUT2D eigenvalue weighted by molar-refractivity contribution is 0.101. The molecule has 0 saturated carbocycles. The maximum absolute atomic E-state index is 11.7. The number of fused-ring (bicyclic) bond motifs is 3. The molecule has 1 aliphatic heterocycles. The molecule has 136 valence electrons. The molecule has 0 spiro atoms. The fraction of sp³-hybridized carbons (Fsp3) is 0.389. The van der Waals surface area contributed by atoms with Gasteiger partial charge in [-0.15, -0.1) is 0 Å². The van der Waals surface area contributed by atoms with Crippen molar-refractivity contribution >= 4 is 17.5 Å². The molecule has 0 amide bonds. The molecule has 3 rings (SSSR count). The second-order valence-electron chi connectivity index (χ2n) is 6.46. The van der Waals surface area contributed by atoms with Gasteiger partial charge in [0.15, 0.2) is 11.6 Å². The number of aliphatic imine (C=N–C) groups is 1. The van der Waals surface area contributed by atoms with Crippen LogP contribution in [0.5, 0.6) is 5.75 Å². The summed E-state index contributed by atoms with van der Waals surface area (Å²) in [4.78, 5) is 24.8. The van der Waals surface area contributed by atoms with Gasteiger partial charge in [0.2, 0.25) is 0 Å². The Hall–Kier alpha value is -3.03. The van der Waals surface area contributed by atoms with Gasteiger partial charge in [-0.2, -0.15) is 0 Å². The van der Waals surface area contributed by atoms with Crippen molar-refractivity contribution in [3.05, 3.63) is 29.8 Å². The Bertz CT molecular complexity index is 897. The maximum atomic E-state index is 11.7. The van der Waals surface area contributed by atoms with Crippen LogP contribution >= 0.6 is 0 Å². The van der Waals surface area contributed by atoms with Crippen LogP contribution < -0.4 is 10.1 Å². The molecule has 2 aromatic heterocycles. The highest BCUT2D eigenvalue weighted by molar-refractivity contribution is 6.04. The average Bonchev–Trinajstić information content (AvgIpc) is 2.90. The Morgan fingerprint density at radius 3 is 2.81 bits per heavy atom. The molecule has 1 aliphatic rings. The van der Waals surface area contributed by atoms with Crippen molar-refractivity contribution in [2.75, 3.05) is 6.61 Å². The third kappa shape index (κ3) is 3.63. The van der Waals surface area contributed by atoms with Crippen molar-refractivity contribution in [3.8, 4) is 17.1 Å². The first-order chi connectivity index (χ1) is 12.3. The number of aromatic nitrogens is 3. The van der Waals surface area contributed by atoms with Gasteiger partial charge in [-0.05, 0) is 26.8 Å². The van der Waals surface area contributed by atoms with Crippen molar-refractivity contribution in [2.24, 2.45) is 4.99 Å². The van der Waals surface area contributed by atoms with E-state index in [0.29, 0.717) is 41.9 Å². The van der Waals surface area contributed by atoms with Crippen LogP contribution in [-0.2, 0) is 6.54 Å². The van der Waals surface area contributed by atoms with E-state index in [0.717, 1.165) is 5.56 Å². The van der Waals surface area contributed by atoms with Crippen LogP contribution in [0, 0.1) is 5.41 Å². The zero-order valence-electron chi connectivity index (χ0n) is 15.3. The molecule has 3 heterocycles. The Labute approximate surface area is 151 Å². The number of hydrogen-bond donors (Lipinski definition) is 2. The molecule has 26 heavy (non-hydrogen) atoms. The number of hydrogen-bond acceptors (Lipinski definition) is 5. The summed E-state index contributed by atoms with van der Waals surface area (Å²) in [6.07, 6.45) is 3.46. The summed E-state index contributed by atoms with van der Waals surface area (Å²) in [5.74, 6) is 1.93. The quantitative estimate of drug-likeness (QED) is 0.500. The van der Waals surface area contributed by atoms with Crippen LogP contribution in [0.4, 0.5) is 0 Å². The SMILES string of the molecule is CC(=N)/N=C(\NC(C)C)c1cn2c(n1)-c1cc(C(C)=O)ncc1OCC2. The molecular formula is C18H22N6O2. The Kier molecular flexibility index (Phi) is 4.83. The lowest BCUT2D eigenvalue weighted by Gasteiger charge is -2.11. The Morgan fingerprint density at radius 1 is 1.38 bits per heavy atom. The van der Waals surface area contributed by atoms with E-state index in [1.165, 1.54) is 6.92 Å². The van der Waals surface area contributed by atoms with Gasteiger partial charge in [-0.1, -0.05) is 0 Å². The number of nitrogens with one attached hydrogen (secondary N) is 2. The number of carbonyl (C=O) groups is 1. The standard InChI is InChI=1S/C18H22N6O2/c1-10(2)21-17(22-12(4)19)15-9-24-5-6-26-16-8-20-14(11(3)25)7-13(16)18(24)23-15/h7-10H,5-6H2,1-4H3,(H2,19,21,22). The molecule has 2 N–H and O–H groups in total. The minimum atomic E-state index is -0.112. The molecule has 0 aliphatic carbocycles. The van der Waals surface area contributed by atoms with Crippen LogP contribution in [0.25, 0.3) is 11.4 Å². The van der Waals surface area contributed by atoms with Crippen LogP contribution in [0.1, 0.15) is 43.9 Å². The van der Waals surface area contributed by atoms with Gasteiger partial charge in [0.1, 0.15) is 35.4 Å². The lowest BCUT2D eigenvalue weighted by atomic mass is 10.1. The van der Waals surface area contributed by atoms with Crippen LogP contribution in [-0.4, -0.2) is 44.6 Å². The Morgan fingerprint density at radius 2 is 2.15 bits per heavy atom. The summed E-state index contributed by atoms with van der Waals surface area (Å²) in [7, 11) is 0. The van der Waals surface area contributed by atoms with Gasteiger partial charge in [0.05, 0.1) is 18.3 Å². The van der Waals surface area contributed by atoms with E-state index >= 15 is 0 Å². The number of carbonyl (C=O) groups excluding carboxylic acids is 1. The summed E-state index contributed by atoms with van der Waals surface area (Å²) in [5, 5.41) is 10.9. The van der Waals surface area contributed by atoms with Crippen molar-refractivity contribution in [3.63, 3.8) is 0 Å². The normalized spacial score (nSPS) is 13.5. The number of Topliss-reactive ketones (excluding diaryl/α,β-unsaturated/α-hetero) is 1. The fourth-order valence-electron chi connectivity index (χ4n) is 2.70. The number of imidazole rings is 1. The number of ketones is 1. The minimum absolute atomic E-state index is 0.112. The summed E-state index contributed by atoms with van der Waals surface area (Å²) in [6.45, 7) is 8.20. The van der Waals surface area contributed by atoms with E-state index in [2.05, 4.69) is 15.3 Å². The zero-order valence-corrected chi connectivity index (χ0v) is 15.3. The van der Waals surface area contributed by atoms with E-state index in [1.54, 1.807) is 19.2 Å². The number of ether oxygens (including phenoxy) is 1. The lowest BCUT2D eigenvalue weighted by Crippen LogP contribution is -2.32. The van der Waals surface area contributed by atoms with E-state index in [-0.39, 0.29) is 17.7 Å². The minimum Gasteiger partial charge on any atom is -0.489 e. The van der Waals surface area contributed by atoms with Gasteiger partial charge in [-0.25, -0.2) is 15.0 Å². The molecule has 0 bridgehead atoms. The summed E-state index contributed by atoms with van der Waals surface area (Å²) in [5.41, 5.74) is 1.74. The second kappa shape index (κ2) is 7.07. The molecular weight excluding hydrogens is 332 g/mol. The Balaban J connectivity index is 2.12. The molecule has 0 atom stereocenters. The second-order valence-corrected chi connectivity index (χ2v) is 6.46. The molecule has 0 radical (unpaired) electrons. The predicted molar refractivity (Wildman–Crippen MR) is 99.2 cm³/mol. The molecule has 8 nitrogen and oxygen atoms in total. The smallest absolute Gasteiger partial charge is 0.178 e. The molecule has 2 aromatic rings. The van der Waals surface area contributed by atoms with E-state index < -0.39 is 0 Å². The maximum Gasteiger partial charge on any atom is 0.178 e. The summed E-state index contributed by atoms with van der Waals surface area (Å²) < 4.78 is 7.71. The first-order valence-electron chi connectivity index (χ1n) is 8.47. The zero-order chi connectivity index (χ0) is 18.8. The predicted octanol–water partition coefficient (Wildman–Crippen LogP) is 2.28. The molecule has 8 heteroatoms. The van der Waals surface area contributed by atoms with Crippen molar-refractivity contribution < 1.29 is 9.53 Å². The largest absolute Gasteiger partial charge is 0.489 e. The highest BCUT2D eigenvalue weighted by Gasteiger charge is 2.22. The molecule has 0 aromatic carbocycles. The van der Waals surface area contributed by atoms with Crippen LogP contribution in [0.15, 0.2) is 23.5 Å². The number of pyridine rings is 1. The van der Waals surface area contributed by atoms with Crippen molar-refractivity contribution in [1.82, 2.24) is 19.9 Å². The van der Waals surface area contributed by atoms with Gasteiger partial charge in [0, 0.05) is 19.2 Å². The van der Waals surface area contributed by atoms with E-state index in [1.807, 2.05) is 24.6 Å². The summed E-state index contributed by atoms with van der Waals surface area (Å²) >= 11 is 0. The number of nitrogens with zero attached hydrogens (tertiary/aromatic N) is 4. The summed E-state index contributed by atoms with van der Waals surface area (Å²) in [6, 6.07) is 1.86. The third-order valence-electron chi connectivity index (χ3n) is 3.78. The molecule has 0 fully saturated rings. The van der Waals surface area contributed by atoms with Gasteiger partial charge in [-0.3, -0.25) is 10.2 Å². The van der Waals surface area contributed by atoms with Crippen molar-refractivity contribution in [1.29, 1.82) is 5.41 Å². The monoisotopic (exact) mass is 354 g/mol.